The first-order valence-corrected chi connectivity index (χ1v) is 7.24. The first-order chi connectivity index (χ1) is 10.2. The molecule has 2 heterocycles. The number of pyridine rings is 1. The summed E-state index contributed by atoms with van der Waals surface area (Å²) in [6.45, 7) is 2.13. The molecule has 4 heteroatoms. The Kier molecular flexibility index (Phi) is 3.64. The minimum absolute atomic E-state index is 0.548. The summed E-state index contributed by atoms with van der Waals surface area (Å²) in [5, 5.41) is 9.96. The molecule has 0 spiro atoms. The summed E-state index contributed by atoms with van der Waals surface area (Å²) in [6.07, 6.45) is 3.47. The van der Waals surface area contributed by atoms with Crippen molar-refractivity contribution >= 4 is 17.2 Å². The summed E-state index contributed by atoms with van der Waals surface area (Å²) in [5.41, 5.74) is 4.39. The van der Waals surface area contributed by atoms with E-state index in [4.69, 9.17) is 11.6 Å². The molecule has 0 saturated carbocycles. The van der Waals surface area contributed by atoms with Crippen LogP contribution < -0.4 is 0 Å². The van der Waals surface area contributed by atoms with Crippen molar-refractivity contribution in [2.45, 2.75) is 19.8 Å². The van der Waals surface area contributed by atoms with Gasteiger partial charge in [0.25, 0.3) is 0 Å². The first kappa shape index (κ1) is 13.7. The van der Waals surface area contributed by atoms with Gasteiger partial charge in [-0.25, -0.2) is 4.98 Å². The minimum atomic E-state index is 0.548. The van der Waals surface area contributed by atoms with Gasteiger partial charge in [0, 0.05) is 12.6 Å². The molecule has 3 nitrogen and oxygen atoms in total. The van der Waals surface area contributed by atoms with Crippen molar-refractivity contribution in [1.82, 2.24) is 9.38 Å². The number of aryl methyl sites for hydroxylation is 1. The van der Waals surface area contributed by atoms with E-state index in [-0.39, 0.29) is 0 Å². The van der Waals surface area contributed by atoms with Gasteiger partial charge in [-0.2, -0.15) is 5.26 Å². The van der Waals surface area contributed by atoms with Crippen molar-refractivity contribution < 1.29 is 0 Å². The van der Waals surface area contributed by atoms with Gasteiger partial charge < -0.3 is 0 Å². The summed E-state index contributed by atoms with van der Waals surface area (Å²) < 4.78 is 1.75. The van der Waals surface area contributed by atoms with Crippen LogP contribution in [0.1, 0.15) is 29.4 Å². The van der Waals surface area contributed by atoms with Crippen LogP contribution in [0.15, 0.2) is 42.6 Å². The van der Waals surface area contributed by atoms with Crippen molar-refractivity contribution in [2.75, 3.05) is 0 Å². The number of aromatic nitrogens is 2. The molecule has 0 atom stereocenters. The molecule has 0 amide bonds. The zero-order valence-corrected chi connectivity index (χ0v) is 12.4. The van der Waals surface area contributed by atoms with E-state index in [2.05, 4.69) is 42.2 Å². The normalized spacial score (nSPS) is 10.7. The highest BCUT2D eigenvalue weighted by Crippen LogP contribution is 2.21. The molecule has 0 bridgehead atoms. The fourth-order valence-corrected chi connectivity index (χ4v) is 2.62. The Morgan fingerprint density at radius 2 is 1.90 bits per heavy atom. The highest BCUT2D eigenvalue weighted by Gasteiger charge is 2.14. The van der Waals surface area contributed by atoms with Crippen LogP contribution in [0.4, 0.5) is 0 Å². The van der Waals surface area contributed by atoms with E-state index >= 15 is 0 Å². The van der Waals surface area contributed by atoms with Gasteiger partial charge in [-0.3, -0.25) is 4.40 Å². The third kappa shape index (κ3) is 2.51. The summed E-state index contributed by atoms with van der Waals surface area (Å²) in [5.74, 6) is 0. The largest absolute Gasteiger partial charge is 0.290 e. The molecule has 1 aromatic carbocycles. The van der Waals surface area contributed by atoms with E-state index < -0.39 is 0 Å². The average molecular weight is 296 g/mol. The Hall–Kier alpha value is -2.31. The van der Waals surface area contributed by atoms with E-state index in [0.717, 1.165) is 17.7 Å². The van der Waals surface area contributed by atoms with Gasteiger partial charge >= 0.3 is 0 Å². The van der Waals surface area contributed by atoms with Crippen LogP contribution in [0.3, 0.4) is 0 Å². The fourth-order valence-electron chi connectivity index (χ4n) is 2.41. The molecule has 0 N–H and O–H groups in total. The topological polar surface area (TPSA) is 41.1 Å². The SMILES string of the molecule is CCc1ccc(Cc2nc3c(Cl)cccn3c2C#N)cc1. The van der Waals surface area contributed by atoms with E-state index in [1.807, 2.05) is 12.3 Å². The number of rotatable bonds is 3. The maximum Gasteiger partial charge on any atom is 0.156 e. The molecule has 0 aliphatic rings. The summed E-state index contributed by atoms with van der Waals surface area (Å²) >= 11 is 6.15. The van der Waals surface area contributed by atoms with Gasteiger partial charge in [-0.15, -0.1) is 0 Å². The van der Waals surface area contributed by atoms with Gasteiger partial charge in [-0.1, -0.05) is 42.8 Å². The number of fused-ring (bicyclic) bond motifs is 1. The number of benzene rings is 1. The highest BCUT2D eigenvalue weighted by molar-refractivity contribution is 6.33. The molecule has 3 aromatic rings. The number of hydrogen-bond acceptors (Lipinski definition) is 2. The molecule has 21 heavy (non-hydrogen) atoms. The smallest absolute Gasteiger partial charge is 0.156 e. The summed E-state index contributed by atoms with van der Waals surface area (Å²) in [6, 6.07) is 14.2. The van der Waals surface area contributed by atoms with Crippen molar-refractivity contribution in [3.63, 3.8) is 0 Å². The second-order valence-electron chi connectivity index (χ2n) is 4.92. The summed E-state index contributed by atoms with van der Waals surface area (Å²) in [7, 11) is 0. The Labute approximate surface area is 128 Å². The molecule has 0 aliphatic heterocycles. The molecular formula is C17H14ClN3. The van der Waals surface area contributed by atoms with Crippen LogP contribution in [-0.4, -0.2) is 9.38 Å². The molecule has 0 fully saturated rings. The monoisotopic (exact) mass is 295 g/mol. The van der Waals surface area contributed by atoms with Gasteiger partial charge in [0.15, 0.2) is 5.65 Å². The Bertz CT molecular complexity index is 826. The second-order valence-corrected chi connectivity index (χ2v) is 5.32. The Morgan fingerprint density at radius 3 is 2.57 bits per heavy atom. The van der Waals surface area contributed by atoms with Gasteiger partial charge in [0.1, 0.15) is 11.8 Å². The standard InChI is InChI=1S/C17H14ClN3/c1-2-12-5-7-13(8-6-12)10-15-16(11-19)21-9-3-4-14(18)17(21)20-15/h3-9H,2,10H2,1H3. The van der Waals surface area contributed by atoms with Crippen LogP contribution >= 0.6 is 11.6 Å². The van der Waals surface area contributed by atoms with E-state index in [9.17, 15) is 5.26 Å². The van der Waals surface area contributed by atoms with Crippen LogP contribution in [0.2, 0.25) is 5.02 Å². The van der Waals surface area contributed by atoms with Crippen LogP contribution in [-0.2, 0) is 12.8 Å². The lowest BCUT2D eigenvalue weighted by molar-refractivity contribution is 1.07. The van der Waals surface area contributed by atoms with E-state index in [0.29, 0.717) is 22.8 Å². The predicted molar refractivity (Wildman–Crippen MR) is 83.5 cm³/mol. The van der Waals surface area contributed by atoms with Crippen molar-refractivity contribution in [2.24, 2.45) is 0 Å². The molecule has 0 unspecified atom stereocenters. The molecule has 0 saturated heterocycles. The Balaban J connectivity index is 2.03. The maximum absolute atomic E-state index is 9.40. The molecule has 3 rings (SSSR count). The molecule has 104 valence electrons. The fraction of sp³-hybridized carbons (Fsp3) is 0.176. The lowest BCUT2D eigenvalue weighted by atomic mass is 10.1. The molecular weight excluding hydrogens is 282 g/mol. The average Bonchev–Trinajstić information content (AvgIpc) is 2.87. The molecule has 0 radical (unpaired) electrons. The number of nitrogens with zero attached hydrogens (tertiary/aromatic N) is 3. The van der Waals surface area contributed by atoms with E-state index in [1.54, 1.807) is 10.5 Å². The molecule has 2 aromatic heterocycles. The number of halogens is 1. The summed E-state index contributed by atoms with van der Waals surface area (Å²) in [4.78, 5) is 4.53. The lowest BCUT2D eigenvalue weighted by Gasteiger charge is -2.01. The zero-order valence-electron chi connectivity index (χ0n) is 11.7. The number of nitriles is 1. The first-order valence-electron chi connectivity index (χ1n) is 6.86. The lowest BCUT2D eigenvalue weighted by Crippen LogP contribution is -1.94. The minimum Gasteiger partial charge on any atom is -0.290 e. The van der Waals surface area contributed by atoms with Gasteiger partial charge in [0.2, 0.25) is 0 Å². The predicted octanol–water partition coefficient (Wildman–Crippen LogP) is 4.01. The number of imidazole rings is 1. The van der Waals surface area contributed by atoms with Crippen molar-refractivity contribution in [3.8, 4) is 6.07 Å². The van der Waals surface area contributed by atoms with Crippen molar-refractivity contribution in [1.29, 1.82) is 5.26 Å². The molecule has 0 aliphatic carbocycles. The van der Waals surface area contributed by atoms with Crippen molar-refractivity contribution in [3.05, 3.63) is 70.1 Å². The van der Waals surface area contributed by atoms with Gasteiger partial charge in [-0.05, 0) is 29.7 Å². The zero-order chi connectivity index (χ0) is 14.8. The van der Waals surface area contributed by atoms with Crippen LogP contribution in [0.5, 0.6) is 0 Å². The van der Waals surface area contributed by atoms with Crippen LogP contribution in [0.25, 0.3) is 5.65 Å². The third-order valence-electron chi connectivity index (χ3n) is 3.58. The van der Waals surface area contributed by atoms with Gasteiger partial charge in [0.05, 0.1) is 10.7 Å². The Morgan fingerprint density at radius 1 is 1.19 bits per heavy atom. The highest BCUT2D eigenvalue weighted by atomic mass is 35.5. The maximum atomic E-state index is 9.40. The van der Waals surface area contributed by atoms with E-state index in [1.165, 1.54) is 5.56 Å². The third-order valence-corrected chi connectivity index (χ3v) is 3.88. The van der Waals surface area contributed by atoms with Crippen LogP contribution in [0, 0.1) is 11.3 Å². The number of hydrogen-bond donors (Lipinski definition) is 0. The second kappa shape index (κ2) is 5.59. The quantitative estimate of drug-likeness (QED) is 0.732.